The molecule has 6 nitrogen and oxygen atoms in total. The van der Waals surface area contributed by atoms with Crippen LogP contribution in [0.5, 0.6) is 0 Å². The maximum Gasteiger partial charge on any atom is 0.319 e. The molecule has 0 bridgehead atoms. The molecule has 0 amide bonds. The van der Waals surface area contributed by atoms with Crippen molar-refractivity contribution in [2.45, 2.75) is 25.2 Å². The second kappa shape index (κ2) is 4.22. The van der Waals surface area contributed by atoms with Crippen LogP contribution in [-0.4, -0.2) is 34.6 Å². The van der Waals surface area contributed by atoms with Crippen molar-refractivity contribution in [2.24, 2.45) is 0 Å². The van der Waals surface area contributed by atoms with Gasteiger partial charge in [-0.3, -0.25) is 4.79 Å². The molecule has 0 saturated heterocycles. The number of hydrogen-bond donors (Lipinski definition) is 2. The second-order valence-corrected chi connectivity index (χ2v) is 4.71. The molecule has 3 rings (SSSR count). The number of hydrogen-bond acceptors (Lipinski definition) is 5. The van der Waals surface area contributed by atoms with Crippen LogP contribution in [0.2, 0.25) is 0 Å². The molecule has 0 aromatic carbocycles. The first-order chi connectivity index (χ1) is 9.19. The van der Waals surface area contributed by atoms with Gasteiger partial charge in [0.05, 0.1) is 12.1 Å². The minimum Gasteiger partial charge on any atom is -0.465 e. The maximum atomic E-state index is 12.0. The van der Waals surface area contributed by atoms with Crippen LogP contribution in [0, 0.1) is 0 Å². The van der Waals surface area contributed by atoms with Gasteiger partial charge in [-0.25, -0.2) is 9.97 Å². The van der Waals surface area contributed by atoms with Crippen molar-refractivity contribution >= 4 is 23.0 Å². The number of anilines is 1. The van der Waals surface area contributed by atoms with E-state index < -0.39 is 5.41 Å². The van der Waals surface area contributed by atoms with Crippen LogP contribution in [-0.2, 0) is 14.9 Å². The molecule has 6 heteroatoms. The van der Waals surface area contributed by atoms with Crippen molar-refractivity contribution in [1.29, 1.82) is 0 Å². The van der Waals surface area contributed by atoms with Crippen molar-refractivity contribution in [3.63, 3.8) is 0 Å². The number of ether oxygens (including phenoxy) is 1. The molecular weight excluding hydrogens is 244 g/mol. The number of aromatic nitrogens is 3. The molecule has 1 saturated carbocycles. The highest BCUT2D eigenvalue weighted by Crippen LogP contribution is 2.48. The van der Waals surface area contributed by atoms with Gasteiger partial charge in [-0.15, -0.1) is 0 Å². The fraction of sp³-hybridized carbons (Fsp3) is 0.462. The van der Waals surface area contributed by atoms with Crippen LogP contribution in [0.4, 0.5) is 5.82 Å². The Morgan fingerprint density at radius 1 is 1.47 bits per heavy atom. The molecule has 100 valence electrons. The average Bonchev–Trinajstić information content (AvgIpc) is 3.12. The first-order valence-electron chi connectivity index (χ1n) is 6.42. The number of esters is 1. The lowest BCUT2D eigenvalue weighted by Gasteiger charge is -2.10. The molecule has 0 spiro atoms. The fourth-order valence-electron chi connectivity index (χ4n) is 2.19. The normalized spacial score (nSPS) is 16.3. The third-order valence-corrected chi connectivity index (χ3v) is 3.47. The largest absolute Gasteiger partial charge is 0.465 e. The topological polar surface area (TPSA) is 79.9 Å². The van der Waals surface area contributed by atoms with Crippen molar-refractivity contribution < 1.29 is 9.53 Å². The number of imidazole rings is 1. The number of nitrogens with one attached hydrogen (secondary N) is 2. The summed E-state index contributed by atoms with van der Waals surface area (Å²) in [6.45, 7) is 2.20. The Kier molecular flexibility index (Phi) is 2.66. The lowest BCUT2D eigenvalue weighted by Crippen LogP contribution is -2.24. The third kappa shape index (κ3) is 1.83. The monoisotopic (exact) mass is 260 g/mol. The number of carbonyl (C=O) groups is 1. The van der Waals surface area contributed by atoms with Crippen molar-refractivity contribution in [3.8, 4) is 0 Å². The summed E-state index contributed by atoms with van der Waals surface area (Å²) in [5.41, 5.74) is 0.887. The summed E-state index contributed by atoms with van der Waals surface area (Å²) in [5.74, 6) is 1.23. The molecule has 0 aliphatic heterocycles. The van der Waals surface area contributed by atoms with Gasteiger partial charge < -0.3 is 15.0 Å². The minimum atomic E-state index is -0.573. The standard InChI is InChI=1S/C13H16N4O2/c1-3-19-12(18)13(6-7-13)11-15-8-4-5-9(14-2)16-10(8)17-11/h4-5H,3,6-7H2,1-2H3,(H2,14,15,16,17). The van der Waals surface area contributed by atoms with Crippen molar-refractivity contribution in [3.05, 3.63) is 18.0 Å². The summed E-state index contributed by atoms with van der Waals surface area (Å²) in [6.07, 6.45) is 1.56. The van der Waals surface area contributed by atoms with Gasteiger partial charge in [-0.2, -0.15) is 0 Å². The number of nitrogens with zero attached hydrogens (tertiary/aromatic N) is 2. The molecule has 2 heterocycles. The van der Waals surface area contributed by atoms with Crippen LogP contribution in [0.25, 0.3) is 11.2 Å². The van der Waals surface area contributed by atoms with Crippen LogP contribution < -0.4 is 5.32 Å². The molecule has 0 unspecified atom stereocenters. The number of pyridine rings is 1. The molecule has 1 aliphatic rings. The van der Waals surface area contributed by atoms with E-state index in [-0.39, 0.29) is 5.97 Å². The van der Waals surface area contributed by atoms with E-state index in [4.69, 9.17) is 4.74 Å². The summed E-state index contributed by atoms with van der Waals surface area (Å²) in [5, 5.41) is 2.97. The minimum absolute atomic E-state index is 0.192. The maximum absolute atomic E-state index is 12.0. The van der Waals surface area contributed by atoms with Gasteiger partial charge in [0.2, 0.25) is 0 Å². The smallest absolute Gasteiger partial charge is 0.319 e. The summed E-state index contributed by atoms with van der Waals surface area (Å²) >= 11 is 0. The van der Waals surface area contributed by atoms with E-state index in [1.54, 1.807) is 0 Å². The molecule has 0 atom stereocenters. The van der Waals surface area contributed by atoms with E-state index >= 15 is 0 Å². The highest BCUT2D eigenvalue weighted by molar-refractivity contribution is 5.87. The Morgan fingerprint density at radius 2 is 2.26 bits per heavy atom. The Bertz CT molecular complexity index is 631. The molecule has 1 aliphatic carbocycles. The lowest BCUT2D eigenvalue weighted by atomic mass is 10.1. The zero-order valence-corrected chi connectivity index (χ0v) is 11.0. The molecule has 19 heavy (non-hydrogen) atoms. The molecule has 2 aromatic heterocycles. The van der Waals surface area contributed by atoms with E-state index in [9.17, 15) is 4.79 Å². The predicted molar refractivity (Wildman–Crippen MR) is 71.0 cm³/mol. The van der Waals surface area contributed by atoms with Gasteiger partial charge in [-0.05, 0) is 31.9 Å². The zero-order chi connectivity index (χ0) is 13.5. The number of fused-ring (bicyclic) bond motifs is 1. The van der Waals surface area contributed by atoms with Crippen LogP contribution in [0.3, 0.4) is 0 Å². The predicted octanol–water partition coefficient (Wildman–Crippen LogP) is 1.59. The van der Waals surface area contributed by atoms with Gasteiger partial charge >= 0.3 is 5.97 Å². The first kappa shape index (κ1) is 12.0. The summed E-state index contributed by atoms with van der Waals surface area (Å²) in [4.78, 5) is 24.0. The number of aromatic amines is 1. The molecular formula is C13H16N4O2. The van der Waals surface area contributed by atoms with Gasteiger partial charge in [0.1, 0.15) is 17.1 Å². The molecule has 1 fully saturated rings. The van der Waals surface area contributed by atoms with Gasteiger partial charge in [0.15, 0.2) is 5.65 Å². The van der Waals surface area contributed by atoms with E-state index in [0.29, 0.717) is 18.1 Å². The SMILES string of the molecule is CCOC(=O)C1(c2nc3nc(NC)ccc3[nH]2)CC1. The van der Waals surface area contributed by atoms with E-state index in [0.717, 1.165) is 24.2 Å². The van der Waals surface area contributed by atoms with Crippen molar-refractivity contribution in [1.82, 2.24) is 15.0 Å². The van der Waals surface area contributed by atoms with Crippen LogP contribution in [0.1, 0.15) is 25.6 Å². The zero-order valence-electron chi connectivity index (χ0n) is 11.0. The lowest BCUT2D eigenvalue weighted by molar-refractivity contribution is -0.146. The fourth-order valence-corrected chi connectivity index (χ4v) is 2.19. The second-order valence-electron chi connectivity index (χ2n) is 4.71. The van der Waals surface area contributed by atoms with Crippen molar-refractivity contribution in [2.75, 3.05) is 19.0 Å². The Hall–Kier alpha value is -2.11. The summed E-state index contributed by atoms with van der Waals surface area (Å²) in [7, 11) is 1.81. The van der Waals surface area contributed by atoms with Crippen LogP contribution in [0.15, 0.2) is 12.1 Å². The first-order valence-corrected chi connectivity index (χ1v) is 6.42. The molecule has 2 N–H and O–H groups in total. The Balaban J connectivity index is 1.99. The highest BCUT2D eigenvalue weighted by atomic mass is 16.5. The van der Waals surface area contributed by atoms with Gasteiger partial charge in [-0.1, -0.05) is 0 Å². The quantitative estimate of drug-likeness (QED) is 0.816. The van der Waals surface area contributed by atoms with Gasteiger partial charge in [0.25, 0.3) is 0 Å². The number of H-pyrrole nitrogens is 1. The summed E-state index contributed by atoms with van der Waals surface area (Å²) in [6, 6.07) is 3.78. The summed E-state index contributed by atoms with van der Waals surface area (Å²) < 4.78 is 5.13. The van der Waals surface area contributed by atoms with Gasteiger partial charge in [0, 0.05) is 7.05 Å². The number of carbonyl (C=O) groups excluding carboxylic acids is 1. The Morgan fingerprint density at radius 3 is 2.89 bits per heavy atom. The Labute approximate surface area is 110 Å². The highest BCUT2D eigenvalue weighted by Gasteiger charge is 2.55. The van der Waals surface area contributed by atoms with E-state index in [1.807, 2.05) is 26.1 Å². The van der Waals surface area contributed by atoms with E-state index in [2.05, 4.69) is 20.3 Å². The molecule has 0 radical (unpaired) electrons. The van der Waals surface area contributed by atoms with Crippen LogP contribution >= 0.6 is 0 Å². The third-order valence-electron chi connectivity index (χ3n) is 3.47. The van der Waals surface area contributed by atoms with E-state index in [1.165, 1.54) is 0 Å². The average molecular weight is 260 g/mol. The number of rotatable bonds is 4. The molecule has 2 aromatic rings.